The van der Waals surface area contributed by atoms with Gasteiger partial charge in [-0.15, -0.1) is 0 Å². The predicted molar refractivity (Wildman–Crippen MR) is 144 cm³/mol. The van der Waals surface area contributed by atoms with E-state index in [1.54, 1.807) is 25.1 Å². The van der Waals surface area contributed by atoms with Crippen LogP contribution in [-0.2, 0) is 9.59 Å². The van der Waals surface area contributed by atoms with E-state index < -0.39 is 35.1 Å². The quantitative estimate of drug-likeness (QED) is 0.201. The molecular formula is C29H27ClF2N2O4. The largest absolute Gasteiger partial charge is 0.507 e. The average molecular weight is 541 g/mol. The number of carbonyl (C=O) groups is 2. The van der Waals surface area contributed by atoms with E-state index in [0.29, 0.717) is 24.0 Å². The number of anilines is 2. The number of aliphatic hydroxyl groups is 1. The van der Waals surface area contributed by atoms with E-state index in [9.17, 15) is 23.5 Å². The molecule has 38 heavy (non-hydrogen) atoms. The van der Waals surface area contributed by atoms with Crippen LogP contribution in [0, 0.1) is 11.6 Å². The van der Waals surface area contributed by atoms with Crippen LogP contribution in [0.2, 0.25) is 5.02 Å². The molecule has 1 unspecified atom stereocenters. The first-order valence-corrected chi connectivity index (χ1v) is 12.6. The highest BCUT2D eigenvalue weighted by atomic mass is 35.5. The lowest BCUT2D eigenvalue weighted by Gasteiger charge is -2.27. The van der Waals surface area contributed by atoms with E-state index in [2.05, 4.69) is 4.90 Å². The Morgan fingerprint density at radius 3 is 2.29 bits per heavy atom. The van der Waals surface area contributed by atoms with Crippen molar-refractivity contribution in [3.05, 3.63) is 94.0 Å². The van der Waals surface area contributed by atoms with Crippen LogP contribution in [0.3, 0.4) is 0 Å². The zero-order chi connectivity index (χ0) is 27.6. The number of hydrogen-bond donors (Lipinski definition) is 1. The van der Waals surface area contributed by atoms with Crippen LogP contribution in [0.25, 0.3) is 5.76 Å². The van der Waals surface area contributed by atoms with Gasteiger partial charge in [-0.1, -0.05) is 23.7 Å². The second-order valence-electron chi connectivity index (χ2n) is 8.60. The fraction of sp³-hybridized carbons (Fsp3) is 0.241. The van der Waals surface area contributed by atoms with E-state index in [4.69, 9.17) is 16.3 Å². The molecule has 1 amide bonds. The summed E-state index contributed by atoms with van der Waals surface area (Å²) in [5.41, 5.74) is 0.878. The van der Waals surface area contributed by atoms with Crippen molar-refractivity contribution >= 4 is 40.4 Å². The van der Waals surface area contributed by atoms with Crippen molar-refractivity contribution in [3.8, 4) is 5.75 Å². The first-order valence-electron chi connectivity index (χ1n) is 12.2. The zero-order valence-corrected chi connectivity index (χ0v) is 21.9. The van der Waals surface area contributed by atoms with Gasteiger partial charge in [-0.25, -0.2) is 8.78 Å². The van der Waals surface area contributed by atoms with E-state index >= 15 is 0 Å². The van der Waals surface area contributed by atoms with Crippen LogP contribution in [0.4, 0.5) is 20.2 Å². The topological polar surface area (TPSA) is 70.1 Å². The minimum Gasteiger partial charge on any atom is -0.507 e. The van der Waals surface area contributed by atoms with Crippen molar-refractivity contribution in [1.29, 1.82) is 0 Å². The minimum atomic E-state index is -1.20. The summed E-state index contributed by atoms with van der Waals surface area (Å²) in [6.45, 7) is 7.72. The average Bonchev–Trinajstić information content (AvgIpc) is 3.16. The van der Waals surface area contributed by atoms with Gasteiger partial charge in [0.15, 0.2) is 0 Å². The van der Waals surface area contributed by atoms with Crippen molar-refractivity contribution in [2.75, 3.05) is 29.5 Å². The van der Waals surface area contributed by atoms with Crippen LogP contribution in [-0.4, -0.2) is 36.5 Å². The minimum absolute atomic E-state index is 0.0833. The Bertz CT molecular complexity index is 1400. The Kier molecular flexibility index (Phi) is 8.02. The molecule has 1 saturated heterocycles. The maximum absolute atomic E-state index is 14.9. The summed E-state index contributed by atoms with van der Waals surface area (Å²) in [6, 6.07) is 13.2. The predicted octanol–water partition coefficient (Wildman–Crippen LogP) is 6.49. The second kappa shape index (κ2) is 11.2. The van der Waals surface area contributed by atoms with E-state index in [1.807, 2.05) is 26.0 Å². The number of ether oxygens (including phenoxy) is 1. The number of amides is 1. The molecule has 0 spiro atoms. The molecule has 1 heterocycles. The number of hydrogen-bond acceptors (Lipinski definition) is 5. The summed E-state index contributed by atoms with van der Waals surface area (Å²) in [6.07, 6.45) is 0. The van der Waals surface area contributed by atoms with Gasteiger partial charge in [0.1, 0.15) is 23.1 Å². The molecule has 9 heteroatoms. The second-order valence-corrected chi connectivity index (χ2v) is 9.01. The molecule has 0 aliphatic carbocycles. The normalized spacial score (nSPS) is 16.7. The first-order chi connectivity index (χ1) is 18.2. The molecule has 0 bridgehead atoms. The smallest absolute Gasteiger partial charge is 0.300 e. The third kappa shape index (κ3) is 4.96. The van der Waals surface area contributed by atoms with Crippen LogP contribution < -0.4 is 14.5 Å². The van der Waals surface area contributed by atoms with Crippen LogP contribution in [0.1, 0.15) is 37.9 Å². The van der Waals surface area contributed by atoms with Gasteiger partial charge >= 0.3 is 0 Å². The molecule has 1 N–H and O–H groups in total. The van der Waals surface area contributed by atoms with Gasteiger partial charge in [0.2, 0.25) is 0 Å². The third-order valence-corrected chi connectivity index (χ3v) is 6.78. The van der Waals surface area contributed by atoms with E-state index in [0.717, 1.165) is 35.8 Å². The number of halogens is 3. The summed E-state index contributed by atoms with van der Waals surface area (Å²) in [4.78, 5) is 29.7. The zero-order valence-electron chi connectivity index (χ0n) is 21.2. The highest BCUT2D eigenvalue weighted by Gasteiger charge is 2.48. The Morgan fingerprint density at radius 1 is 1.00 bits per heavy atom. The van der Waals surface area contributed by atoms with Gasteiger partial charge < -0.3 is 14.7 Å². The highest BCUT2D eigenvalue weighted by Crippen LogP contribution is 2.44. The van der Waals surface area contributed by atoms with Gasteiger partial charge in [0.25, 0.3) is 11.7 Å². The monoisotopic (exact) mass is 540 g/mol. The lowest BCUT2D eigenvalue weighted by atomic mass is 9.94. The van der Waals surface area contributed by atoms with E-state index in [-0.39, 0.29) is 21.8 Å². The maximum atomic E-state index is 14.9. The summed E-state index contributed by atoms with van der Waals surface area (Å²) in [5.74, 6) is -4.07. The number of carbonyl (C=O) groups excluding carboxylic acids is 2. The number of rotatable bonds is 8. The third-order valence-electron chi connectivity index (χ3n) is 6.46. The Balaban J connectivity index is 1.94. The summed E-state index contributed by atoms with van der Waals surface area (Å²) in [5, 5.41) is 11.5. The SMILES string of the molecule is CCOc1ccc(Cl)c(/C(O)=C2\C(=O)C(=O)N(c3ccc(F)cc3F)C2c2ccc(N(CC)CC)cc2)c1. The molecule has 3 aromatic carbocycles. The van der Waals surface area contributed by atoms with Crippen molar-refractivity contribution in [2.24, 2.45) is 0 Å². The molecule has 1 fully saturated rings. The molecule has 1 aliphatic rings. The molecule has 198 valence electrons. The van der Waals surface area contributed by atoms with Gasteiger partial charge in [-0.05, 0) is 68.8 Å². The van der Waals surface area contributed by atoms with Crippen LogP contribution >= 0.6 is 11.6 Å². The fourth-order valence-electron chi connectivity index (χ4n) is 4.62. The number of ketones is 1. The Hall–Kier alpha value is -3.91. The number of nitrogens with zero attached hydrogens (tertiary/aromatic N) is 2. The summed E-state index contributed by atoms with van der Waals surface area (Å²) < 4.78 is 34.1. The maximum Gasteiger partial charge on any atom is 0.300 e. The lowest BCUT2D eigenvalue weighted by Crippen LogP contribution is -2.30. The van der Waals surface area contributed by atoms with Gasteiger partial charge in [-0.2, -0.15) is 0 Å². The molecule has 3 aromatic rings. The van der Waals surface area contributed by atoms with Gasteiger partial charge in [0, 0.05) is 30.4 Å². The van der Waals surface area contributed by atoms with Crippen molar-refractivity contribution in [2.45, 2.75) is 26.8 Å². The van der Waals surface area contributed by atoms with Crippen LogP contribution in [0.5, 0.6) is 5.75 Å². The van der Waals surface area contributed by atoms with Gasteiger partial charge in [-0.3, -0.25) is 14.5 Å². The molecule has 6 nitrogen and oxygen atoms in total. The molecule has 0 saturated carbocycles. The lowest BCUT2D eigenvalue weighted by molar-refractivity contribution is -0.132. The first kappa shape index (κ1) is 27.1. The number of benzene rings is 3. The standard InChI is InChI=1S/C29H27ClF2N2O4/c1-4-33(5-2)19-10-7-17(8-11-19)26-25(27(35)21-16-20(38-6-3)12-13-22(21)30)28(36)29(37)34(26)24-14-9-18(31)15-23(24)32/h7-16,26,35H,4-6H2,1-3H3/b27-25+. The number of Topliss-reactive ketones (excluding diaryl/α,β-unsaturated/α-hetero) is 1. The molecule has 4 rings (SSSR count). The van der Waals surface area contributed by atoms with Gasteiger partial charge in [0.05, 0.1) is 28.9 Å². The van der Waals surface area contributed by atoms with Crippen molar-refractivity contribution in [3.63, 3.8) is 0 Å². The fourth-order valence-corrected chi connectivity index (χ4v) is 4.82. The summed E-state index contributed by atoms with van der Waals surface area (Å²) in [7, 11) is 0. The summed E-state index contributed by atoms with van der Waals surface area (Å²) >= 11 is 6.36. The van der Waals surface area contributed by atoms with Crippen molar-refractivity contribution < 1.29 is 28.2 Å². The van der Waals surface area contributed by atoms with Crippen molar-refractivity contribution in [1.82, 2.24) is 0 Å². The van der Waals surface area contributed by atoms with Crippen LogP contribution in [0.15, 0.2) is 66.2 Å². The molecule has 0 radical (unpaired) electrons. The molecule has 1 atom stereocenters. The molecule has 0 aromatic heterocycles. The Morgan fingerprint density at radius 2 is 1.68 bits per heavy atom. The molecular weight excluding hydrogens is 514 g/mol. The van der Waals surface area contributed by atoms with E-state index in [1.165, 1.54) is 12.1 Å². The Labute approximate surface area is 224 Å². The number of aliphatic hydroxyl groups excluding tert-OH is 1. The highest BCUT2D eigenvalue weighted by molar-refractivity contribution is 6.52. The molecule has 1 aliphatic heterocycles.